The van der Waals surface area contributed by atoms with E-state index < -0.39 is 10.0 Å². The van der Waals surface area contributed by atoms with Gasteiger partial charge in [0.05, 0.1) is 24.2 Å². The fourth-order valence-electron chi connectivity index (χ4n) is 4.57. The van der Waals surface area contributed by atoms with Gasteiger partial charge < -0.3 is 10.1 Å². The number of fused-ring (bicyclic) bond motifs is 1. The fourth-order valence-corrected chi connectivity index (χ4v) is 6.97. The molecule has 0 bridgehead atoms. The van der Waals surface area contributed by atoms with E-state index in [1.807, 2.05) is 11.3 Å². The summed E-state index contributed by atoms with van der Waals surface area (Å²) in [5.41, 5.74) is 1.75. The molecular weight excluding hydrogens is 446 g/mol. The van der Waals surface area contributed by atoms with E-state index in [4.69, 9.17) is 4.74 Å². The van der Waals surface area contributed by atoms with E-state index in [0.717, 1.165) is 13.0 Å². The Kier molecular flexibility index (Phi) is 6.90. The Morgan fingerprint density at radius 2 is 2.00 bits per heavy atom. The van der Waals surface area contributed by atoms with E-state index in [0.29, 0.717) is 36.5 Å². The van der Waals surface area contributed by atoms with Crippen LogP contribution in [0.4, 0.5) is 5.69 Å². The minimum atomic E-state index is -3.63. The van der Waals surface area contributed by atoms with Crippen LogP contribution >= 0.6 is 11.3 Å². The van der Waals surface area contributed by atoms with Gasteiger partial charge in [0.2, 0.25) is 15.9 Å². The quantitative estimate of drug-likeness (QED) is 0.595. The maximum absolute atomic E-state index is 13.0. The second-order valence-corrected chi connectivity index (χ2v) is 11.2. The standard InChI is InChI=1S/C23H31N3O4S2/c1-4-26(5-2)32(28,29)17-8-9-20(30-3)19(14-17)24-22(27)15-25-12-10-21-18(11-13-31-21)23(25)16-6-7-16/h8-9,11,13-14,16,23H,4-7,10,12,15H2,1-3H3,(H,24,27)/t23-/m1/s1. The zero-order chi connectivity index (χ0) is 22.9. The first-order valence-electron chi connectivity index (χ1n) is 11.2. The smallest absolute Gasteiger partial charge is 0.243 e. The normalized spacial score (nSPS) is 19.1. The van der Waals surface area contributed by atoms with Gasteiger partial charge in [0, 0.05) is 30.6 Å². The molecule has 1 aromatic heterocycles. The third-order valence-electron chi connectivity index (χ3n) is 6.32. The van der Waals surface area contributed by atoms with Crippen LogP contribution in [0.3, 0.4) is 0 Å². The van der Waals surface area contributed by atoms with Crippen LogP contribution in [-0.4, -0.2) is 56.8 Å². The van der Waals surface area contributed by atoms with Crippen molar-refractivity contribution in [1.82, 2.24) is 9.21 Å². The second-order valence-electron chi connectivity index (χ2n) is 8.30. The summed E-state index contributed by atoms with van der Waals surface area (Å²) in [4.78, 5) is 16.9. The van der Waals surface area contributed by atoms with Gasteiger partial charge >= 0.3 is 0 Å². The number of benzene rings is 1. The Morgan fingerprint density at radius 1 is 1.25 bits per heavy atom. The molecule has 4 rings (SSSR count). The van der Waals surface area contributed by atoms with Gasteiger partial charge in [-0.3, -0.25) is 9.69 Å². The van der Waals surface area contributed by atoms with Crippen molar-refractivity contribution in [3.63, 3.8) is 0 Å². The van der Waals surface area contributed by atoms with Gasteiger partial charge in [0.1, 0.15) is 5.75 Å². The second kappa shape index (κ2) is 9.51. The highest BCUT2D eigenvalue weighted by Gasteiger charge is 2.40. The summed E-state index contributed by atoms with van der Waals surface area (Å²) < 4.78 is 32.6. The van der Waals surface area contributed by atoms with Crippen LogP contribution in [0.15, 0.2) is 34.5 Å². The van der Waals surface area contributed by atoms with Crippen LogP contribution < -0.4 is 10.1 Å². The molecule has 1 N–H and O–H groups in total. The summed E-state index contributed by atoms with van der Waals surface area (Å²) >= 11 is 1.81. The molecule has 1 amide bonds. The molecule has 0 radical (unpaired) electrons. The lowest BCUT2D eigenvalue weighted by Crippen LogP contribution is -2.41. The van der Waals surface area contributed by atoms with Gasteiger partial charge in [0.15, 0.2) is 0 Å². The van der Waals surface area contributed by atoms with Gasteiger partial charge in [-0.15, -0.1) is 11.3 Å². The number of nitrogens with zero attached hydrogens (tertiary/aromatic N) is 2. The van der Waals surface area contributed by atoms with E-state index in [1.54, 1.807) is 19.9 Å². The number of thiophene rings is 1. The number of nitrogens with one attached hydrogen (secondary N) is 1. The monoisotopic (exact) mass is 477 g/mol. The van der Waals surface area contributed by atoms with Crippen LogP contribution in [0, 0.1) is 5.92 Å². The minimum Gasteiger partial charge on any atom is -0.495 e. The Hall–Kier alpha value is -1.94. The van der Waals surface area contributed by atoms with E-state index in [9.17, 15) is 13.2 Å². The summed E-state index contributed by atoms with van der Waals surface area (Å²) in [5, 5.41) is 5.06. The number of ether oxygens (including phenoxy) is 1. The van der Waals surface area contributed by atoms with Crippen molar-refractivity contribution in [1.29, 1.82) is 0 Å². The number of carbonyl (C=O) groups excluding carboxylic acids is 1. The van der Waals surface area contributed by atoms with E-state index in [-0.39, 0.29) is 17.3 Å². The molecule has 2 heterocycles. The molecule has 1 aromatic carbocycles. The summed E-state index contributed by atoms with van der Waals surface area (Å²) in [6.45, 7) is 5.51. The van der Waals surface area contributed by atoms with Crippen molar-refractivity contribution in [3.8, 4) is 5.75 Å². The molecule has 1 saturated carbocycles. The lowest BCUT2D eigenvalue weighted by molar-refractivity contribution is -0.118. The molecular formula is C23H31N3O4S2. The Labute approximate surface area is 194 Å². The molecule has 1 aliphatic heterocycles. The maximum atomic E-state index is 13.0. The molecule has 1 aliphatic carbocycles. The SMILES string of the molecule is CCN(CC)S(=O)(=O)c1ccc(OC)c(NC(=O)CN2CCc3sccc3[C@H]2C2CC2)c1. The van der Waals surface area contributed by atoms with Crippen LogP contribution in [0.2, 0.25) is 0 Å². The number of hydrogen-bond donors (Lipinski definition) is 1. The first kappa shape index (κ1) is 23.2. The number of methoxy groups -OCH3 is 1. The lowest BCUT2D eigenvalue weighted by Gasteiger charge is -2.35. The molecule has 2 aromatic rings. The molecule has 32 heavy (non-hydrogen) atoms. The van der Waals surface area contributed by atoms with Gasteiger partial charge in [-0.05, 0) is 60.4 Å². The van der Waals surface area contributed by atoms with Crippen LogP contribution in [0.1, 0.15) is 43.2 Å². The number of carbonyl (C=O) groups is 1. The molecule has 174 valence electrons. The average Bonchev–Trinajstić information content (AvgIpc) is 3.50. The zero-order valence-electron chi connectivity index (χ0n) is 18.8. The van der Waals surface area contributed by atoms with Crippen molar-refractivity contribution in [2.24, 2.45) is 5.92 Å². The van der Waals surface area contributed by atoms with Crippen LogP contribution in [-0.2, 0) is 21.2 Å². The van der Waals surface area contributed by atoms with E-state index in [2.05, 4.69) is 21.7 Å². The fraction of sp³-hybridized carbons (Fsp3) is 0.522. The van der Waals surface area contributed by atoms with Crippen LogP contribution in [0.5, 0.6) is 5.75 Å². The molecule has 1 atom stereocenters. The number of sulfonamides is 1. The maximum Gasteiger partial charge on any atom is 0.243 e. The first-order valence-corrected chi connectivity index (χ1v) is 13.5. The number of anilines is 1. The average molecular weight is 478 g/mol. The third kappa shape index (κ3) is 4.57. The molecule has 0 unspecified atom stereocenters. The predicted molar refractivity (Wildman–Crippen MR) is 127 cm³/mol. The minimum absolute atomic E-state index is 0.147. The summed E-state index contributed by atoms with van der Waals surface area (Å²) in [6, 6.07) is 7.12. The van der Waals surface area contributed by atoms with Gasteiger partial charge in [-0.25, -0.2) is 8.42 Å². The molecule has 7 nitrogen and oxygen atoms in total. The van der Waals surface area contributed by atoms with Gasteiger partial charge in [-0.1, -0.05) is 13.8 Å². The number of rotatable bonds is 9. The molecule has 9 heteroatoms. The van der Waals surface area contributed by atoms with Crippen molar-refractivity contribution >= 4 is 33.0 Å². The number of hydrogen-bond acceptors (Lipinski definition) is 6. The zero-order valence-corrected chi connectivity index (χ0v) is 20.5. The van der Waals surface area contributed by atoms with E-state index >= 15 is 0 Å². The van der Waals surface area contributed by atoms with Crippen LogP contribution in [0.25, 0.3) is 0 Å². The Morgan fingerprint density at radius 3 is 2.66 bits per heavy atom. The number of amides is 1. The van der Waals surface area contributed by atoms with Crippen molar-refractivity contribution in [3.05, 3.63) is 40.1 Å². The predicted octanol–water partition coefficient (Wildman–Crippen LogP) is 3.74. The highest BCUT2D eigenvalue weighted by Crippen LogP contribution is 2.48. The highest BCUT2D eigenvalue weighted by molar-refractivity contribution is 7.89. The van der Waals surface area contributed by atoms with Crippen molar-refractivity contribution in [2.45, 2.75) is 44.0 Å². The molecule has 0 spiro atoms. The lowest BCUT2D eigenvalue weighted by atomic mass is 9.96. The van der Waals surface area contributed by atoms with Crippen molar-refractivity contribution < 1.29 is 17.9 Å². The topological polar surface area (TPSA) is 79.0 Å². The van der Waals surface area contributed by atoms with Gasteiger partial charge in [0.25, 0.3) is 0 Å². The Bertz CT molecular complexity index is 1070. The van der Waals surface area contributed by atoms with E-state index in [1.165, 1.54) is 46.8 Å². The summed E-state index contributed by atoms with van der Waals surface area (Å²) in [5.74, 6) is 0.896. The molecule has 0 saturated heterocycles. The third-order valence-corrected chi connectivity index (χ3v) is 9.36. The largest absolute Gasteiger partial charge is 0.495 e. The first-order chi connectivity index (χ1) is 15.4. The summed E-state index contributed by atoms with van der Waals surface area (Å²) in [6.07, 6.45) is 3.37. The summed E-state index contributed by atoms with van der Waals surface area (Å²) in [7, 11) is -2.12. The molecule has 1 fully saturated rings. The van der Waals surface area contributed by atoms with Crippen molar-refractivity contribution in [2.75, 3.05) is 38.6 Å². The highest BCUT2D eigenvalue weighted by atomic mass is 32.2. The van der Waals surface area contributed by atoms with Gasteiger partial charge in [-0.2, -0.15) is 4.31 Å². The molecule has 2 aliphatic rings. The Balaban J connectivity index is 1.53.